The van der Waals surface area contributed by atoms with Gasteiger partial charge in [-0.25, -0.2) is 9.59 Å². The first-order valence-electron chi connectivity index (χ1n) is 4.42. The summed E-state index contributed by atoms with van der Waals surface area (Å²) in [6.07, 6.45) is -0.289. The number of carbonyl (C=O) groups excluding carboxylic acids is 2. The third-order valence-electron chi connectivity index (χ3n) is 2.18. The molecule has 0 aromatic heterocycles. The summed E-state index contributed by atoms with van der Waals surface area (Å²) in [7, 11) is 2.48. The van der Waals surface area contributed by atoms with Crippen molar-refractivity contribution < 1.29 is 24.2 Å². The first-order chi connectivity index (χ1) is 7.10. The van der Waals surface area contributed by atoms with Gasteiger partial charge in [0.1, 0.15) is 5.76 Å². The van der Waals surface area contributed by atoms with Crippen molar-refractivity contribution in [2.45, 2.75) is 6.42 Å². The zero-order chi connectivity index (χ0) is 11.4. The molecule has 1 aliphatic heterocycles. The average Bonchev–Trinajstić information content (AvgIpc) is 2.27. The second-order valence-corrected chi connectivity index (χ2v) is 3.06. The van der Waals surface area contributed by atoms with Crippen LogP contribution in [0, 0.1) is 0 Å². The number of nitrogens with zero attached hydrogens (tertiary/aromatic N) is 1. The number of amides is 1. The molecule has 0 fully saturated rings. The van der Waals surface area contributed by atoms with Crippen molar-refractivity contribution in [1.29, 1.82) is 0 Å². The van der Waals surface area contributed by atoms with Crippen LogP contribution in [0.5, 0.6) is 0 Å². The van der Waals surface area contributed by atoms with Crippen molar-refractivity contribution in [3.8, 4) is 0 Å². The molecule has 0 aromatic rings. The largest absolute Gasteiger partial charge is 0.512 e. The van der Waals surface area contributed by atoms with Crippen LogP contribution in [-0.2, 0) is 14.3 Å². The van der Waals surface area contributed by atoms with Crippen LogP contribution in [0.4, 0.5) is 4.79 Å². The summed E-state index contributed by atoms with van der Waals surface area (Å²) in [5.74, 6) is -0.650. The van der Waals surface area contributed by atoms with Gasteiger partial charge in [0.2, 0.25) is 0 Å². The second kappa shape index (κ2) is 7.28. The van der Waals surface area contributed by atoms with Gasteiger partial charge in [0, 0.05) is 64.4 Å². The Morgan fingerprint density at radius 1 is 1.31 bits per heavy atom. The predicted octanol–water partition coefficient (Wildman–Crippen LogP) is 0.0628. The van der Waals surface area contributed by atoms with Crippen LogP contribution in [0.3, 0.4) is 0 Å². The smallest absolute Gasteiger partial charge is 0.409 e. The zero-order valence-corrected chi connectivity index (χ0v) is 12.8. The Kier molecular flexibility index (Phi) is 7.24. The Bertz CT molecular complexity index is 315. The van der Waals surface area contributed by atoms with Gasteiger partial charge >= 0.3 is 12.1 Å². The molecule has 7 heteroatoms. The van der Waals surface area contributed by atoms with Gasteiger partial charge < -0.3 is 19.5 Å². The van der Waals surface area contributed by atoms with E-state index >= 15 is 0 Å². The van der Waals surface area contributed by atoms with Crippen molar-refractivity contribution in [2.75, 3.05) is 27.3 Å². The van der Waals surface area contributed by atoms with E-state index in [4.69, 9.17) is 0 Å². The van der Waals surface area contributed by atoms with Gasteiger partial charge in [-0.1, -0.05) is 0 Å². The summed E-state index contributed by atoms with van der Waals surface area (Å²) in [5.41, 5.74) is 0.106. The molecule has 1 heterocycles. The summed E-state index contributed by atoms with van der Waals surface area (Å²) in [5, 5.41) is 9.44. The number of hydrogen-bond donors (Lipinski definition) is 1. The Balaban J connectivity index is 0.00000225. The van der Waals surface area contributed by atoms with Gasteiger partial charge in [0.25, 0.3) is 0 Å². The maximum Gasteiger partial charge on any atom is 0.409 e. The van der Waals surface area contributed by atoms with Crippen molar-refractivity contribution >= 4 is 63.4 Å². The van der Waals surface area contributed by atoms with Crippen LogP contribution in [-0.4, -0.2) is 101 Å². The quantitative estimate of drug-likeness (QED) is 0.529. The van der Waals surface area contributed by atoms with Crippen molar-refractivity contribution in [2.24, 2.45) is 0 Å². The monoisotopic (exact) mass is 254 g/mol. The van der Waals surface area contributed by atoms with Gasteiger partial charge in [-0.2, -0.15) is 0 Å². The maximum absolute atomic E-state index is 11.2. The molecule has 0 atom stereocenters. The Hall–Kier alpha value is -0.0836. The SMILES string of the molecule is COC(=O)C1=C(O)CCN(C(=O)OC)C1.[K]. The van der Waals surface area contributed by atoms with E-state index in [9.17, 15) is 14.7 Å². The predicted molar refractivity (Wildman–Crippen MR) is 56.0 cm³/mol. The standard InChI is InChI=1S/C9H13NO5.K/c1-14-8(12)6-5-10(9(13)15-2)4-3-7(6)11;/h11H,3-5H2,1-2H3;. The van der Waals surface area contributed by atoms with Crippen LogP contribution < -0.4 is 0 Å². The molecule has 1 rings (SSSR count). The number of aliphatic hydroxyl groups excluding tert-OH is 1. The fraction of sp³-hybridized carbons (Fsp3) is 0.556. The molecule has 1 radical (unpaired) electrons. The van der Waals surface area contributed by atoms with Gasteiger partial charge in [0.05, 0.1) is 26.3 Å². The van der Waals surface area contributed by atoms with E-state index in [1.807, 2.05) is 0 Å². The molecule has 1 N–H and O–H groups in total. The summed E-state index contributed by atoms with van der Waals surface area (Å²) < 4.78 is 9.00. The van der Waals surface area contributed by atoms with E-state index in [0.717, 1.165) is 0 Å². The molecule has 0 aliphatic carbocycles. The van der Waals surface area contributed by atoms with Gasteiger partial charge in [0.15, 0.2) is 0 Å². The van der Waals surface area contributed by atoms with E-state index in [1.165, 1.54) is 19.1 Å². The Morgan fingerprint density at radius 3 is 2.44 bits per heavy atom. The molecule has 0 spiro atoms. The van der Waals surface area contributed by atoms with Crippen LogP contribution in [0.1, 0.15) is 6.42 Å². The maximum atomic E-state index is 11.2. The van der Waals surface area contributed by atoms with E-state index in [0.29, 0.717) is 6.54 Å². The molecule has 0 saturated carbocycles. The van der Waals surface area contributed by atoms with Crippen LogP contribution in [0.15, 0.2) is 11.3 Å². The van der Waals surface area contributed by atoms with Crippen molar-refractivity contribution in [3.05, 3.63) is 11.3 Å². The Labute approximate surface area is 136 Å². The number of rotatable bonds is 1. The molecule has 1 amide bonds. The first-order valence-corrected chi connectivity index (χ1v) is 4.42. The minimum atomic E-state index is -0.624. The Morgan fingerprint density at radius 2 is 1.94 bits per heavy atom. The number of hydrogen-bond acceptors (Lipinski definition) is 5. The minimum absolute atomic E-state index is 0. The molecule has 0 aromatic carbocycles. The molecule has 0 bridgehead atoms. The van der Waals surface area contributed by atoms with Gasteiger partial charge in [-0.15, -0.1) is 0 Å². The van der Waals surface area contributed by atoms with Gasteiger partial charge in [-0.3, -0.25) is 0 Å². The van der Waals surface area contributed by atoms with Gasteiger partial charge in [-0.05, 0) is 0 Å². The summed E-state index contributed by atoms with van der Waals surface area (Å²) >= 11 is 0. The fourth-order valence-corrected chi connectivity index (χ4v) is 1.34. The molecule has 85 valence electrons. The topological polar surface area (TPSA) is 76.1 Å². The normalized spacial score (nSPS) is 15.2. The molecule has 0 unspecified atom stereocenters. The average molecular weight is 254 g/mol. The summed E-state index contributed by atoms with van der Waals surface area (Å²) in [4.78, 5) is 23.7. The van der Waals surface area contributed by atoms with Crippen LogP contribution in [0.2, 0.25) is 0 Å². The number of esters is 1. The molecule has 1 aliphatic rings. The van der Waals surface area contributed by atoms with E-state index in [2.05, 4.69) is 9.47 Å². The second-order valence-electron chi connectivity index (χ2n) is 3.06. The van der Waals surface area contributed by atoms with E-state index in [1.54, 1.807) is 0 Å². The summed E-state index contributed by atoms with van der Waals surface area (Å²) in [6, 6.07) is 0. The van der Waals surface area contributed by atoms with Crippen LogP contribution in [0.25, 0.3) is 0 Å². The minimum Gasteiger partial charge on any atom is -0.512 e. The molecular formula is C9H13KNO5. The third-order valence-corrected chi connectivity index (χ3v) is 2.18. The zero-order valence-electron chi connectivity index (χ0n) is 9.65. The molecule has 0 saturated heterocycles. The molecular weight excluding hydrogens is 241 g/mol. The molecule has 16 heavy (non-hydrogen) atoms. The number of methoxy groups -OCH3 is 2. The summed E-state index contributed by atoms with van der Waals surface area (Å²) in [6.45, 7) is 0.351. The van der Waals surface area contributed by atoms with Crippen molar-refractivity contribution in [3.63, 3.8) is 0 Å². The first kappa shape index (κ1) is 15.9. The van der Waals surface area contributed by atoms with E-state index in [-0.39, 0.29) is 75.7 Å². The molecule has 6 nitrogen and oxygen atoms in total. The fourth-order valence-electron chi connectivity index (χ4n) is 1.34. The van der Waals surface area contributed by atoms with Crippen LogP contribution >= 0.6 is 0 Å². The van der Waals surface area contributed by atoms with E-state index < -0.39 is 12.1 Å². The van der Waals surface area contributed by atoms with Crippen molar-refractivity contribution in [1.82, 2.24) is 4.90 Å². The third kappa shape index (κ3) is 3.74. The number of ether oxygens (including phenoxy) is 2. The number of carbonyl (C=O) groups is 2. The number of aliphatic hydroxyl groups is 1.